The Morgan fingerprint density at radius 3 is 2.36 bits per heavy atom. The van der Waals surface area contributed by atoms with Crippen LogP contribution >= 0.6 is 27.1 Å². The zero-order valence-corrected chi connectivity index (χ0v) is 16.0. The van der Waals surface area contributed by atoms with Crippen molar-refractivity contribution in [2.24, 2.45) is 0 Å². The van der Waals surface area contributed by atoms with E-state index in [2.05, 4.69) is 37.3 Å². The van der Waals surface area contributed by atoms with Gasteiger partial charge in [-0.1, -0.05) is 44.2 Å². The molecule has 0 N–H and O–H groups in total. The maximum Gasteiger partial charge on any atom is 0.324 e. The van der Waals surface area contributed by atoms with Crippen molar-refractivity contribution in [3.05, 3.63) is 53.9 Å². The third kappa shape index (κ3) is 4.56. The highest BCUT2D eigenvalue weighted by Gasteiger charge is 2.28. The highest BCUT2D eigenvalue weighted by atomic mass is 31.1. The van der Waals surface area contributed by atoms with E-state index in [1.54, 1.807) is 12.4 Å². The molecule has 0 aliphatic heterocycles. The van der Waals surface area contributed by atoms with Gasteiger partial charge in [0.05, 0.1) is 0 Å². The van der Waals surface area contributed by atoms with Gasteiger partial charge in [-0.25, -0.2) is 4.79 Å². The lowest BCUT2D eigenvalue weighted by atomic mass is 10.0. The zero-order valence-electron chi connectivity index (χ0n) is 12.7. The smallest absolute Gasteiger partial charge is 0.324 e. The Bertz CT molecular complexity index is 639. The number of hydrogen-bond donors (Lipinski definition) is 0. The van der Waals surface area contributed by atoms with Gasteiger partial charge in [0.25, 0.3) is 0 Å². The van der Waals surface area contributed by atoms with E-state index in [9.17, 15) is 4.79 Å². The van der Waals surface area contributed by atoms with Crippen LogP contribution in [0.25, 0.3) is 0 Å². The average molecular weight is 351 g/mol. The van der Waals surface area contributed by atoms with E-state index in [1.807, 2.05) is 30.3 Å². The van der Waals surface area contributed by atoms with Gasteiger partial charge in [0.2, 0.25) is 0 Å². The zero-order chi connectivity index (χ0) is 16.2. The standard InChI is InChI=1S/C16H20NO2P3/c1-16(2,14-12(20)8-17-9-13(14)21)22-15(18)19-10-11-6-4-3-5-7-11/h3-9,22H,10,20-21H2,1-2H3. The van der Waals surface area contributed by atoms with Gasteiger partial charge in [0, 0.05) is 26.1 Å². The topological polar surface area (TPSA) is 39.2 Å². The quantitative estimate of drug-likeness (QED) is 0.776. The maximum absolute atomic E-state index is 12.2. The largest absolute Gasteiger partial charge is 0.458 e. The minimum atomic E-state index is -0.287. The molecule has 116 valence electrons. The molecule has 1 heterocycles. The van der Waals surface area contributed by atoms with Crippen LogP contribution in [0.5, 0.6) is 0 Å². The summed E-state index contributed by atoms with van der Waals surface area (Å²) in [5.41, 5.74) is 1.95. The molecule has 2 rings (SSSR count). The highest BCUT2D eigenvalue weighted by molar-refractivity contribution is 7.58. The SMILES string of the molecule is CC(C)(PC(=O)OCc1ccccc1)c1c(P)cncc1P. The molecule has 0 aliphatic carbocycles. The summed E-state index contributed by atoms with van der Waals surface area (Å²) < 4.78 is 5.41. The number of nitrogens with zero attached hydrogens (tertiary/aromatic N) is 1. The Balaban J connectivity index is 2.03. The number of carbonyl (C=O) groups is 1. The number of carbonyl (C=O) groups excluding carboxylic acids is 1. The van der Waals surface area contributed by atoms with E-state index in [0.717, 1.165) is 21.7 Å². The lowest BCUT2D eigenvalue weighted by Crippen LogP contribution is -2.27. The second-order valence-electron chi connectivity index (χ2n) is 5.50. The fourth-order valence-corrected chi connectivity index (χ4v) is 5.04. The van der Waals surface area contributed by atoms with Gasteiger partial charge in [0.15, 0.2) is 0 Å². The van der Waals surface area contributed by atoms with Crippen molar-refractivity contribution in [2.75, 3.05) is 0 Å². The Morgan fingerprint density at radius 1 is 1.18 bits per heavy atom. The van der Waals surface area contributed by atoms with Crippen LogP contribution in [-0.4, -0.2) is 10.7 Å². The molecule has 2 aromatic rings. The van der Waals surface area contributed by atoms with E-state index < -0.39 is 0 Å². The van der Waals surface area contributed by atoms with Crippen LogP contribution in [0, 0.1) is 0 Å². The minimum absolute atomic E-state index is 0.0391. The third-order valence-corrected chi connectivity index (χ3v) is 5.36. The van der Waals surface area contributed by atoms with E-state index in [4.69, 9.17) is 4.74 Å². The average Bonchev–Trinajstić information content (AvgIpc) is 2.45. The normalized spacial score (nSPS) is 11.8. The van der Waals surface area contributed by atoms with Crippen molar-refractivity contribution in [3.8, 4) is 0 Å². The Morgan fingerprint density at radius 2 is 1.77 bits per heavy atom. The van der Waals surface area contributed by atoms with Crippen molar-refractivity contribution in [3.63, 3.8) is 0 Å². The van der Waals surface area contributed by atoms with Crippen molar-refractivity contribution < 1.29 is 9.53 Å². The first kappa shape index (κ1) is 17.5. The second-order valence-corrected chi connectivity index (χ2v) is 8.66. The highest BCUT2D eigenvalue weighted by Crippen LogP contribution is 2.41. The number of hydrogen-bond acceptors (Lipinski definition) is 3. The van der Waals surface area contributed by atoms with Crippen LogP contribution in [0.3, 0.4) is 0 Å². The molecule has 0 bridgehead atoms. The van der Waals surface area contributed by atoms with Crippen molar-refractivity contribution in [1.29, 1.82) is 0 Å². The lowest BCUT2D eigenvalue weighted by molar-refractivity contribution is 0.167. The first-order chi connectivity index (χ1) is 10.4. The molecule has 0 radical (unpaired) electrons. The van der Waals surface area contributed by atoms with Gasteiger partial charge in [-0.15, -0.1) is 18.5 Å². The fraction of sp³-hybridized carbons (Fsp3) is 0.250. The molecule has 1 aromatic heterocycles. The van der Waals surface area contributed by atoms with E-state index in [1.165, 1.54) is 0 Å². The molecular formula is C16H20NO2P3. The van der Waals surface area contributed by atoms with E-state index >= 15 is 0 Å². The molecule has 0 spiro atoms. The summed E-state index contributed by atoms with van der Waals surface area (Å²) in [5, 5.41) is 1.74. The number of ether oxygens (including phenoxy) is 1. The number of benzene rings is 1. The molecule has 3 nitrogen and oxygen atoms in total. The summed E-state index contributed by atoms with van der Waals surface area (Å²) >= 11 is 0. The number of aromatic nitrogens is 1. The van der Waals surface area contributed by atoms with Crippen LogP contribution < -0.4 is 10.6 Å². The maximum atomic E-state index is 12.2. The van der Waals surface area contributed by atoms with Gasteiger partial charge in [-0.3, -0.25) is 4.98 Å². The number of rotatable bonds is 5. The Labute approximate surface area is 137 Å². The minimum Gasteiger partial charge on any atom is -0.458 e. The second kappa shape index (κ2) is 7.60. The van der Waals surface area contributed by atoms with Gasteiger partial charge >= 0.3 is 5.71 Å². The lowest BCUT2D eigenvalue weighted by Gasteiger charge is -2.27. The molecule has 3 unspecified atom stereocenters. The van der Waals surface area contributed by atoms with Crippen LogP contribution in [0.1, 0.15) is 25.0 Å². The summed E-state index contributed by atoms with van der Waals surface area (Å²) in [7, 11) is 5.42. The summed E-state index contributed by atoms with van der Waals surface area (Å²) in [6, 6.07) is 9.72. The molecular weight excluding hydrogens is 331 g/mol. The molecule has 0 fully saturated rings. The van der Waals surface area contributed by atoms with Gasteiger partial charge in [0.1, 0.15) is 6.61 Å². The van der Waals surface area contributed by atoms with Crippen LogP contribution in [0.15, 0.2) is 42.7 Å². The van der Waals surface area contributed by atoms with E-state index in [-0.39, 0.29) is 19.4 Å². The molecule has 0 saturated carbocycles. The fourth-order valence-electron chi connectivity index (χ4n) is 2.29. The monoisotopic (exact) mass is 351 g/mol. The summed E-state index contributed by atoms with van der Waals surface area (Å²) in [4.78, 5) is 16.3. The van der Waals surface area contributed by atoms with Gasteiger partial charge < -0.3 is 4.74 Å². The Hall–Kier alpha value is -0.870. The van der Waals surface area contributed by atoms with Crippen LogP contribution in [-0.2, 0) is 16.5 Å². The van der Waals surface area contributed by atoms with Crippen molar-refractivity contribution in [1.82, 2.24) is 4.98 Å². The van der Waals surface area contributed by atoms with E-state index in [0.29, 0.717) is 6.61 Å². The van der Waals surface area contributed by atoms with Gasteiger partial charge in [-0.2, -0.15) is 0 Å². The Kier molecular flexibility index (Phi) is 6.04. The molecule has 22 heavy (non-hydrogen) atoms. The summed E-state index contributed by atoms with van der Waals surface area (Å²) in [6.07, 6.45) is 3.60. The van der Waals surface area contributed by atoms with Crippen molar-refractivity contribution in [2.45, 2.75) is 25.6 Å². The van der Waals surface area contributed by atoms with Crippen LogP contribution in [0.4, 0.5) is 4.79 Å². The predicted molar refractivity (Wildman–Crippen MR) is 101 cm³/mol. The van der Waals surface area contributed by atoms with Crippen LogP contribution in [0.2, 0.25) is 0 Å². The molecule has 6 heteroatoms. The summed E-state index contributed by atoms with van der Waals surface area (Å²) in [6.45, 7) is 4.44. The third-order valence-electron chi connectivity index (χ3n) is 3.26. The molecule has 3 atom stereocenters. The first-order valence-electron chi connectivity index (χ1n) is 6.88. The molecule has 0 saturated heterocycles. The molecule has 0 aliphatic rings. The van der Waals surface area contributed by atoms with Gasteiger partial charge in [-0.05, 0) is 21.7 Å². The van der Waals surface area contributed by atoms with Crippen molar-refractivity contribution >= 4 is 43.4 Å². The predicted octanol–water partition coefficient (Wildman–Crippen LogP) is 3.33. The summed E-state index contributed by atoms with van der Waals surface area (Å²) in [5.74, 6) is 0. The number of pyridine rings is 1. The first-order valence-corrected chi connectivity index (χ1v) is 9.04. The molecule has 1 aromatic carbocycles. The molecule has 0 amide bonds.